The Balaban J connectivity index is 0.000000232. The smallest absolute Gasteiger partial charge is 0 e. The van der Waals surface area contributed by atoms with Gasteiger partial charge in [0.15, 0.2) is 0 Å². The van der Waals surface area contributed by atoms with Crippen molar-refractivity contribution in [3.8, 4) is 33.6 Å². The van der Waals surface area contributed by atoms with Gasteiger partial charge < -0.3 is 9.40 Å². The quantitative estimate of drug-likeness (QED) is 0.130. The van der Waals surface area contributed by atoms with Crippen molar-refractivity contribution in [2.45, 2.75) is 90.4 Å². The summed E-state index contributed by atoms with van der Waals surface area (Å²) in [6, 6.07) is 36.8. The fourth-order valence-corrected chi connectivity index (χ4v) is 10.4. The van der Waals surface area contributed by atoms with Gasteiger partial charge in [-0.1, -0.05) is 95.0 Å². The number of hydrogen-bond acceptors (Lipinski definition) is 3. The van der Waals surface area contributed by atoms with Crippen LogP contribution in [0, 0.1) is 32.9 Å². The minimum Gasteiger partial charge on any atom is 0 e. The summed E-state index contributed by atoms with van der Waals surface area (Å²) in [5, 5.41) is 2.21. The Hall–Kier alpha value is -3.83. The molecule has 0 saturated carbocycles. The Morgan fingerprint density at radius 1 is 0.623 bits per heavy atom. The molecule has 0 fully saturated rings. The van der Waals surface area contributed by atoms with Crippen molar-refractivity contribution in [2.75, 3.05) is 0 Å². The van der Waals surface area contributed by atoms with Crippen LogP contribution >= 0.6 is 0 Å². The van der Waals surface area contributed by atoms with E-state index in [9.17, 15) is 0 Å². The zero-order valence-corrected chi connectivity index (χ0v) is 37.9. The van der Waals surface area contributed by atoms with Crippen molar-refractivity contribution in [3.05, 3.63) is 137 Å². The van der Waals surface area contributed by atoms with E-state index in [2.05, 4.69) is 181 Å². The summed E-state index contributed by atoms with van der Waals surface area (Å²) in [6.45, 7) is 19.8. The standard InChI is InChI=1S/C31H30NO.C17H22GeN.Ir/c1-30(2,3)22-13-10-20(11-14-22)21-12-15-24-25-8-7-9-26(29(25)33-28(24)18-21)27-19-23(16-17-32-27)31(4,5)6;1-12-7-8-15(13(2)9-12)17-10-14(3)16(11-19-17)18(4,5)6;/h7-8,10-19H,1-6H3;7,9-11H,1-6H3;/q2*-1;. The molecule has 3 aromatic heterocycles. The SMILES string of the molecule is CC(C)(C)c1ccc(-c2ccc3c(c2)oc2c(-c4cc(C(C)(C)C)ccn4)[c-]ccc23)cc1.Cc1c[c-]c(-c2cc(C)[c]([Ge]([CH3])([CH3])[CH3])cn2)c(C)c1.[Ir]. The Labute approximate surface area is 333 Å². The number of aromatic nitrogens is 2. The Bertz CT molecular complexity index is 2390. The van der Waals surface area contributed by atoms with Crippen LogP contribution in [0.5, 0.6) is 0 Å². The third-order valence-corrected chi connectivity index (χ3v) is 14.3. The average molecular weight is 938 g/mol. The molecule has 0 aliphatic rings. The van der Waals surface area contributed by atoms with Gasteiger partial charge in [0.05, 0.1) is 5.58 Å². The molecule has 0 unspecified atom stereocenters. The van der Waals surface area contributed by atoms with Gasteiger partial charge in [0.1, 0.15) is 5.58 Å². The first-order valence-corrected chi connectivity index (χ1v) is 25.7. The van der Waals surface area contributed by atoms with E-state index in [0.717, 1.165) is 50.0 Å². The summed E-state index contributed by atoms with van der Waals surface area (Å²) in [4.78, 5) is 9.33. The molecule has 0 N–H and O–H groups in total. The largest absolute Gasteiger partial charge is 0 e. The zero-order chi connectivity index (χ0) is 37.6. The molecular formula is C48H52GeIrN2O-2. The maximum atomic E-state index is 6.43. The second kappa shape index (κ2) is 15.5. The molecule has 3 nitrogen and oxygen atoms in total. The molecule has 7 aromatic rings. The van der Waals surface area contributed by atoms with Gasteiger partial charge in [-0.15, -0.1) is 18.2 Å². The predicted octanol–water partition coefficient (Wildman–Crippen LogP) is 12.7. The maximum absolute atomic E-state index is 6.43. The van der Waals surface area contributed by atoms with Crippen molar-refractivity contribution in [1.82, 2.24) is 9.97 Å². The van der Waals surface area contributed by atoms with Crippen molar-refractivity contribution >= 4 is 39.6 Å². The van der Waals surface area contributed by atoms with Gasteiger partial charge in [-0.25, -0.2) is 0 Å². The third-order valence-electron chi connectivity index (χ3n) is 9.86. The minimum atomic E-state index is -1.80. The molecule has 4 aromatic carbocycles. The molecule has 0 atom stereocenters. The summed E-state index contributed by atoms with van der Waals surface area (Å²) in [5.41, 5.74) is 14.7. The monoisotopic (exact) mass is 939 g/mol. The molecular weight excluding hydrogens is 885 g/mol. The van der Waals surface area contributed by atoms with Gasteiger partial charge in [0.25, 0.3) is 0 Å². The van der Waals surface area contributed by atoms with Crippen LogP contribution in [0.25, 0.3) is 55.6 Å². The molecule has 53 heavy (non-hydrogen) atoms. The van der Waals surface area contributed by atoms with Crippen LogP contribution in [0.4, 0.5) is 0 Å². The number of furan rings is 1. The van der Waals surface area contributed by atoms with Crippen molar-refractivity contribution in [1.29, 1.82) is 0 Å². The summed E-state index contributed by atoms with van der Waals surface area (Å²) < 4.78 is 7.93. The number of aryl methyl sites for hydroxylation is 3. The van der Waals surface area contributed by atoms with Gasteiger partial charge in [-0.2, -0.15) is 0 Å². The van der Waals surface area contributed by atoms with Crippen LogP contribution in [-0.4, -0.2) is 23.2 Å². The van der Waals surface area contributed by atoms with Crippen molar-refractivity contribution in [3.63, 3.8) is 0 Å². The van der Waals surface area contributed by atoms with Gasteiger partial charge >= 0.3 is 119 Å². The number of nitrogens with zero attached hydrogens (tertiary/aromatic N) is 2. The van der Waals surface area contributed by atoms with Crippen molar-refractivity contribution in [2.24, 2.45) is 0 Å². The van der Waals surface area contributed by atoms with E-state index in [1.54, 1.807) is 0 Å². The Morgan fingerprint density at radius 3 is 1.91 bits per heavy atom. The van der Waals surface area contributed by atoms with Gasteiger partial charge in [0, 0.05) is 31.7 Å². The van der Waals surface area contributed by atoms with Crippen LogP contribution in [0.2, 0.25) is 17.3 Å². The molecule has 275 valence electrons. The van der Waals surface area contributed by atoms with Gasteiger partial charge in [0.2, 0.25) is 0 Å². The first kappa shape index (κ1) is 40.4. The molecule has 0 aliphatic carbocycles. The van der Waals surface area contributed by atoms with Crippen LogP contribution < -0.4 is 4.40 Å². The van der Waals surface area contributed by atoms with Crippen LogP contribution in [0.1, 0.15) is 69.4 Å². The van der Waals surface area contributed by atoms with E-state index in [1.807, 2.05) is 18.3 Å². The molecule has 5 heteroatoms. The summed E-state index contributed by atoms with van der Waals surface area (Å²) >= 11 is -1.80. The summed E-state index contributed by atoms with van der Waals surface area (Å²) in [6.07, 6.45) is 3.97. The maximum Gasteiger partial charge on any atom is 0 e. The summed E-state index contributed by atoms with van der Waals surface area (Å²) in [7, 11) is 0. The first-order chi connectivity index (χ1) is 24.4. The fourth-order valence-electron chi connectivity index (χ4n) is 6.82. The summed E-state index contributed by atoms with van der Waals surface area (Å²) in [5.74, 6) is 7.23. The van der Waals surface area contributed by atoms with E-state index in [1.165, 1.54) is 37.8 Å². The molecule has 0 saturated heterocycles. The topological polar surface area (TPSA) is 38.9 Å². The molecule has 0 aliphatic heterocycles. The Morgan fingerprint density at radius 2 is 1.28 bits per heavy atom. The number of fused-ring (bicyclic) bond motifs is 3. The second-order valence-corrected chi connectivity index (χ2v) is 27.9. The van der Waals surface area contributed by atoms with E-state index in [-0.39, 0.29) is 30.9 Å². The number of hydrogen-bond donors (Lipinski definition) is 0. The van der Waals surface area contributed by atoms with Crippen LogP contribution in [0.3, 0.4) is 0 Å². The zero-order valence-electron chi connectivity index (χ0n) is 33.4. The number of rotatable bonds is 4. The van der Waals surface area contributed by atoms with E-state index in [4.69, 9.17) is 4.42 Å². The minimum absolute atomic E-state index is 0. The molecule has 0 amide bonds. The van der Waals surface area contributed by atoms with Crippen LogP contribution in [0.15, 0.2) is 102 Å². The second-order valence-electron chi connectivity index (χ2n) is 17.3. The van der Waals surface area contributed by atoms with Gasteiger partial charge in [-0.3, -0.25) is 0 Å². The van der Waals surface area contributed by atoms with E-state index in [0.29, 0.717) is 0 Å². The number of pyridine rings is 2. The Kier molecular flexibility index (Phi) is 11.8. The molecule has 1 radical (unpaired) electrons. The molecule has 3 heterocycles. The van der Waals surface area contributed by atoms with Gasteiger partial charge in [-0.05, 0) is 50.9 Å². The fraction of sp³-hybridized carbons (Fsp3) is 0.292. The van der Waals surface area contributed by atoms with E-state index >= 15 is 0 Å². The normalized spacial score (nSPS) is 12.0. The molecule has 7 rings (SSSR count). The predicted molar refractivity (Wildman–Crippen MR) is 224 cm³/mol. The van der Waals surface area contributed by atoms with Crippen molar-refractivity contribution < 1.29 is 24.5 Å². The average Bonchev–Trinajstić information content (AvgIpc) is 3.45. The first-order valence-electron chi connectivity index (χ1n) is 18.3. The molecule has 0 bridgehead atoms. The molecule has 0 spiro atoms. The van der Waals surface area contributed by atoms with E-state index < -0.39 is 13.3 Å². The third kappa shape index (κ3) is 8.94. The van der Waals surface area contributed by atoms with Crippen LogP contribution in [-0.2, 0) is 30.9 Å². The number of benzene rings is 4.